The lowest BCUT2D eigenvalue weighted by Gasteiger charge is -2.12. The fourth-order valence-electron chi connectivity index (χ4n) is 1.58. The molecule has 6 nitrogen and oxygen atoms in total. The summed E-state index contributed by atoms with van der Waals surface area (Å²) in [4.78, 5) is 27.6. The Bertz CT molecular complexity index is 508. The second-order valence-electron chi connectivity index (χ2n) is 4.68. The Morgan fingerprint density at radius 2 is 2.14 bits per heavy atom. The largest absolute Gasteiger partial charge is 0.373 e. The second-order valence-corrected chi connectivity index (χ2v) is 5.09. The molecule has 0 spiro atoms. The quantitative estimate of drug-likeness (QED) is 0.717. The highest BCUT2D eigenvalue weighted by molar-refractivity contribution is 6.33. The van der Waals surface area contributed by atoms with Gasteiger partial charge in [-0.15, -0.1) is 0 Å². The van der Waals surface area contributed by atoms with Crippen LogP contribution in [-0.4, -0.2) is 36.4 Å². The van der Waals surface area contributed by atoms with Crippen LogP contribution in [0.2, 0.25) is 5.02 Å². The molecule has 116 valence electrons. The molecule has 0 saturated heterocycles. The molecule has 0 saturated carbocycles. The summed E-state index contributed by atoms with van der Waals surface area (Å²) in [5.41, 5.74) is 0.332. The van der Waals surface area contributed by atoms with E-state index < -0.39 is 0 Å². The summed E-state index contributed by atoms with van der Waals surface area (Å²) in [6.45, 7) is 4.19. The van der Waals surface area contributed by atoms with E-state index in [9.17, 15) is 9.59 Å². The molecule has 1 atom stereocenters. The highest BCUT2D eigenvalue weighted by Gasteiger charge is 2.12. The minimum absolute atomic E-state index is 0.0820. The van der Waals surface area contributed by atoms with Gasteiger partial charge < -0.3 is 16.0 Å². The van der Waals surface area contributed by atoms with Crippen molar-refractivity contribution in [2.24, 2.45) is 0 Å². The maximum absolute atomic E-state index is 12.0. The lowest BCUT2D eigenvalue weighted by molar-refractivity contribution is -0.121. The zero-order chi connectivity index (χ0) is 15.8. The van der Waals surface area contributed by atoms with E-state index in [0.29, 0.717) is 11.4 Å². The summed E-state index contributed by atoms with van der Waals surface area (Å²) in [5.74, 6) is 0.149. The molecular formula is C14H21ClN4O2. The first-order valence-corrected chi connectivity index (χ1v) is 7.26. The van der Waals surface area contributed by atoms with Crippen molar-refractivity contribution in [1.82, 2.24) is 15.6 Å². The Hall–Kier alpha value is -1.82. The lowest BCUT2D eigenvalue weighted by Crippen LogP contribution is -2.35. The molecular weight excluding hydrogens is 292 g/mol. The zero-order valence-corrected chi connectivity index (χ0v) is 13.3. The topological polar surface area (TPSA) is 83.1 Å². The van der Waals surface area contributed by atoms with Crippen molar-refractivity contribution in [3.05, 3.63) is 22.8 Å². The molecule has 0 fully saturated rings. The van der Waals surface area contributed by atoms with E-state index in [2.05, 4.69) is 20.9 Å². The number of aromatic nitrogens is 1. The van der Waals surface area contributed by atoms with Crippen molar-refractivity contribution >= 4 is 29.2 Å². The number of nitrogens with one attached hydrogen (secondary N) is 3. The van der Waals surface area contributed by atoms with E-state index in [1.807, 2.05) is 13.8 Å². The summed E-state index contributed by atoms with van der Waals surface area (Å²) in [6.07, 6.45) is 2.52. The van der Waals surface area contributed by atoms with Crippen LogP contribution in [0.15, 0.2) is 12.3 Å². The van der Waals surface area contributed by atoms with Crippen LogP contribution in [0, 0.1) is 0 Å². The highest BCUT2D eigenvalue weighted by Crippen LogP contribution is 2.17. The molecule has 0 aliphatic rings. The molecule has 3 N–H and O–H groups in total. The van der Waals surface area contributed by atoms with E-state index in [4.69, 9.17) is 11.6 Å². The minimum atomic E-state index is -0.324. The van der Waals surface area contributed by atoms with Crippen LogP contribution in [0.25, 0.3) is 0 Å². The first-order chi connectivity index (χ1) is 9.97. The predicted octanol–water partition coefficient (Wildman–Crippen LogP) is 1.81. The van der Waals surface area contributed by atoms with Crippen molar-refractivity contribution in [3.8, 4) is 0 Å². The number of rotatable bonds is 7. The van der Waals surface area contributed by atoms with E-state index in [1.54, 1.807) is 13.1 Å². The van der Waals surface area contributed by atoms with Crippen LogP contribution < -0.4 is 16.0 Å². The average molecular weight is 313 g/mol. The number of carbonyl (C=O) groups excluding carboxylic acids is 2. The van der Waals surface area contributed by atoms with Crippen molar-refractivity contribution in [1.29, 1.82) is 0 Å². The third-order valence-electron chi connectivity index (χ3n) is 3.01. The van der Waals surface area contributed by atoms with Gasteiger partial charge in [0.15, 0.2) is 0 Å². The number of hydrogen-bond donors (Lipinski definition) is 3. The third kappa shape index (κ3) is 5.59. The smallest absolute Gasteiger partial charge is 0.253 e. The number of pyridine rings is 1. The fourth-order valence-corrected chi connectivity index (χ4v) is 1.77. The molecule has 0 aliphatic carbocycles. The zero-order valence-electron chi connectivity index (χ0n) is 12.5. The average Bonchev–Trinajstić information content (AvgIpc) is 2.47. The standard InChI is InChI=1S/C14H21ClN4O2/c1-4-9(2)19-13(20)5-6-17-14(21)10-7-12(16-3)18-8-11(10)15/h7-9H,4-6H2,1-3H3,(H,16,18)(H,17,21)(H,19,20). The SMILES string of the molecule is CCC(C)NC(=O)CCNC(=O)c1cc(NC)ncc1Cl. The van der Waals surface area contributed by atoms with Gasteiger partial charge in [-0.1, -0.05) is 18.5 Å². The van der Waals surface area contributed by atoms with Crippen LogP contribution in [0.4, 0.5) is 5.82 Å². The van der Waals surface area contributed by atoms with Crippen molar-refractivity contribution in [3.63, 3.8) is 0 Å². The van der Waals surface area contributed by atoms with Gasteiger partial charge in [0.2, 0.25) is 5.91 Å². The van der Waals surface area contributed by atoms with Crippen LogP contribution in [-0.2, 0) is 4.79 Å². The van der Waals surface area contributed by atoms with Crippen molar-refractivity contribution < 1.29 is 9.59 Å². The van der Waals surface area contributed by atoms with Crippen LogP contribution in [0.5, 0.6) is 0 Å². The number of halogens is 1. The van der Waals surface area contributed by atoms with Crippen LogP contribution >= 0.6 is 11.6 Å². The number of anilines is 1. The Balaban J connectivity index is 2.49. The Kier molecular flexibility index (Phi) is 6.94. The molecule has 7 heteroatoms. The molecule has 1 heterocycles. The fraction of sp³-hybridized carbons (Fsp3) is 0.500. The van der Waals surface area contributed by atoms with Gasteiger partial charge in [0.1, 0.15) is 5.82 Å². The molecule has 1 unspecified atom stereocenters. The number of hydrogen-bond acceptors (Lipinski definition) is 4. The predicted molar refractivity (Wildman–Crippen MR) is 83.6 cm³/mol. The molecule has 0 aromatic carbocycles. The van der Waals surface area contributed by atoms with Gasteiger partial charge in [0, 0.05) is 32.3 Å². The number of amides is 2. The second kappa shape index (κ2) is 8.46. The first-order valence-electron chi connectivity index (χ1n) is 6.88. The molecule has 1 aromatic heterocycles. The molecule has 21 heavy (non-hydrogen) atoms. The summed E-state index contributed by atoms with van der Waals surface area (Å²) < 4.78 is 0. The molecule has 0 aliphatic heterocycles. The Morgan fingerprint density at radius 3 is 2.76 bits per heavy atom. The maximum atomic E-state index is 12.0. The summed E-state index contributed by atoms with van der Waals surface area (Å²) in [6, 6.07) is 1.71. The van der Waals surface area contributed by atoms with Gasteiger partial charge in [0.05, 0.1) is 10.6 Å². The first kappa shape index (κ1) is 17.2. The van der Waals surface area contributed by atoms with Crippen molar-refractivity contribution in [2.45, 2.75) is 32.7 Å². The third-order valence-corrected chi connectivity index (χ3v) is 3.31. The van der Waals surface area contributed by atoms with Gasteiger partial charge in [-0.25, -0.2) is 4.98 Å². The summed E-state index contributed by atoms with van der Waals surface area (Å²) in [5, 5.41) is 8.62. The Labute approximate surface area is 129 Å². The number of nitrogens with zero attached hydrogens (tertiary/aromatic N) is 1. The molecule has 1 rings (SSSR count). The summed E-state index contributed by atoms with van der Waals surface area (Å²) >= 11 is 5.95. The van der Waals surface area contributed by atoms with Crippen LogP contribution in [0.3, 0.4) is 0 Å². The minimum Gasteiger partial charge on any atom is -0.373 e. The lowest BCUT2D eigenvalue weighted by atomic mass is 10.2. The maximum Gasteiger partial charge on any atom is 0.253 e. The van der Waals surface area contributed by atoms with Gasteiger partial charge in [-0.3, -0.25) is 9.59 Å². The molecule has 2 amide bonds. The van der Waals surface area contributed by atoms with E-state index in [0.717, 1.165) is 6.42 Å². The monoisotopic (exact) mass is 312 g/mol. The molecule has 0 radical (unpaired) electrons. The number of carbonyl (C=O) groups is 2. The van der Waals surface area contributed by atoms with Gasteiger partial charge in [-0.2, -0.15) is 0 Å². The van der Waals surface area contributed by atoms with Crippen LogP contribution in [0.1, 0.15) is 37.0 Å². The van der Waals surface area contributed by atoms with E-state index >= 15 is 0 Å². The molecule has 1 aromatic rings. The highest BCUT2D eigenvalue weighted by atomic mass is 35.5. The van der Waals surface area contributed by atoms with Gasteiger partial charge in [0.25, 0.3) is 5.91 Å². The van der Waals surface area contributed by atoms with Crippen molar-refractivity contribution in [2.75, 3.05) is 18.9 Å². The Morgan fingerprint density at radius 1 is 1.43 bits per heavy atom. The van der Waals surface area contributed by atoms with E-state index in [1.165, 1.54) is 6.20 Å². The molecule has 0 bridgehead atoms. The summed E-state index contributed by atoms with van der Waals surface area (Å²) in [7, 11) is 1.71. The van der Waals surface area contributed by atoms with Gasteiger partial charge >= 0.3 is 0 Å². The van der Waals surface area contributed by atoms with Gasteiger partial charge in [-0.05, 0) is 19.4 Å². The van der Waals surface area contributed by atoms with E-state index in [-0.39, 0.29) is 35.8 Å². The normalized spacial score (nSPS) is 11.6.